The predicted molar refractivity (Wildman–Crippen MR) is 71.1 cm³/mol. The maximum atomic E-state index is 5.78. The van der Waals surface area contributed by atoms with Crippen LogP contribution in [0.4, 0.5) is 5.69 Å². The van der Waals surface area contributed by atoms with Crippen LogP contribution in [0, 0.1) is 6.92 Å². The van der Waals surface area contributed by atoms with E-state index in [4.69, 9.17) is 10.3 Å². The Morgan fingerprint density at radius 3 is 2.89 bits per heavy atom. The monoisotopic (exact) mass is 255 g/mol. The molecule has 19 heavy (non-hydrogen) atoms. The predicted octanol–water partition coefficient (Wildman–Crippen LogP) is 2.03. The van der Waals surface area contributed by atoms with Gasteiger partial charge in [-0.15, -0.1) is 0 Å². The Labute approximate surface area is 109 Å². The third-order valence-electron chi connectivity index (χ3n) is 2.94. The Morgan fingerprint density at radius 2 is 2.16 bits per heavy atom. The summed E-state index contributed by atoms with van der Waals surface area (Å²) < 4.78 is 7.13. The van der Waals surface area contributed by atoms with Gasteiger partial charge < -0.3 is 14.8 Å². The van der Waals surface area contributed by atoms with Crippen molar-refractivity contribution in [3.05, 3.63) is 36.2 Å². The van der Waals surface area contributed by atoms with Crippen LogP contribution >= 0.6 is 0 Å². The number of benzene rings is 1. The summed E-state index contributed by atoms with van der Waals surface area (Å²) in [5, 5.41) is 3.96. The Balaban J connectivity index is 2.06. The van der Waals surface area contributed by atoms with E-state index < -0.39 is 0 Å². The molecule has 0 saturated carbocycles. The van der Waals surface area contributed by atoms with E-state index in [-0.39, 0.29) is 0 Å². The van der Waals surface area contributed by atoms with Crippen molar-refractivity contribution in [3.63, 3.8) is 0 Å². The summed E-state index contributed by atoms with van der Waals surface area (Å²) in [6, 6.07) is 5.59. The highest BCUT2D eigenvalue weighted by atomic mass is 16.5. The number of imidazole rings is 1. The van der Waals surface area contributed by atoms with E-state index >= 15 is 0 Å². The van der Waals surface area contributed by atoms with Crippen LogP contribution in [-0.2, 0) is 7.05 Å². The minimum absolute atomic E-state index is 0.447. The Kier molecular flexibility index (Phi) is 2.56. The second-order valence-electron chi connectivity index (χ2n) is 4.36. The first-order valence-electron chi connectivity index (χ1n) is 5.83. The van der Waals surface area contributed by atoms with Crippen molar-refractivity contribution in [2.45, 2.75) is 6.92 Å². The number of nitrogen functional groups attached to an aromatic ring is 1. The summed E-state index contributed by atoms with van der Waals surface area (Å²) in [4.78, 5) is 8.56. The van der Waals surface area contributed by atoms with Crippen molar-refractivity contribution in [1.29, 1.82) is 0 Å². The molecule has 0 spiro atoms. The van der Waals surface area contributed by atoms with Gasteiger partial charge in [-0.2, -0.15) is 4.98 Å². The molecule has 96 valence electrons. The molecule has 0 fully saturated rings. The number of nitrogens with zero attached hydrogens (tertiary/aromatic N) is 4. The van der Waals surface area contributed by atoms with Gasteiger partial charge in [-0.25, -0.2) is 4.98 Å². The number of rotatable bonds is 2. The van der Waals surface area contributed by atoms with Crippen molar-refractivity contribution in [1.82, 2.24) is 19.7 Å². The lowest BCUT2D eigenvalue weighted by Crippen LogP contribution is -1.93. The number of nitrogens with two attached hydrogens (primary N) is 1. The number of hydrogen-bond donors (Lipinski definition) is 1. The molecule has 2 N–H and O–H groups in total. The fourth-order valence-corrected chi connectivity index (χ4v) is 1.87. The van der Waals surface area contributed by atoms with Crippen molar-refractivity contribution in [2.75, 3.05) is 5.73 Å². The number of aryl methyl sites for hydroxylation is 2. The summed E-state index contributed by atoms with van der Waals surface area (Å²) in [5.74, 6) is 1.57. The molecule has 6 heteroatoms. The molecule has 0 radical (unpaired) electrons. The molecule has 0 amide bonds. The Hall–Kier alpha value is -2.63. The smallest absolute Gasteiger partial charge is 0.258 e. The molecular weight excluding hydrogens is 242 g/mol. The summed E-state index contributed by atoms with van der Waals surface area (Å²) in [7, 11) is 1.88. The molecular formula is C13H13N5O. The second-order valence-corrected chi connectivity index (χ2v) is 4.36. The Bertz CT molecular complexity index is 728. The molecule has 3 aromatic rings. The lowest BCUT2D eigenvalue weighted by atomic mass is 10.1. The highest BCUT2D eigenvalue weighted by molar-refractivity contribution is 5.65. The Morgan fingerprint density at radius 1 is 1.32 bits per heavy atom. The minimum Gasteiger partial charge on any atom is -0.399 e. The average Bonchev–Trinajstić information content (AvgIpc) is 3.00. The highest BCUT2D eigenvalue weighted by Crippen LogP contribution is 2.25. The molecule has 0 aliphatic rings. The molecule has 1 aromatic carbocycles. The van der Waals surface area contributed by atoms with Crippen LogP contribution in [0.15, 0.2) is 35.1 Å². The van der Waals surface area contributed by atoms with Gasteiger partial charge in [0.2, 0.25) is 5.82 Å². The van der Waals surface area contributed by atoms with Gasteiger partial charge in [0.1, 0.15) is 0 Å². The van der Waals surface area contributed by atoms with Gasteiger partial charge in [0.25, 0.3) is 5.89 Å². The van der Waals surface area contributed by atoms with E-state index in [1.807, 2.05) is 42.9 Å². The van der Waals surface area contributed by atoms with Crippen molar-refractivity contribution < 1.29 is 4.52 Å². The first kappa shape index (κ1) is 11.5. The molecule has 0 atom stereocenters. The molecule has 2 aromatic heterocycles. The second kappa shape index (κ2) is 4.24. The first-order valence-corrected chi connectivity index (χ1v) is 5.83. The summed E-state index contributed by atoms with van der Waals surface area (Å²) in [6.45, 7) is 1.97. The third-order valence-corrected chi connectivity index (χ3v) is 2.94. The molecule has 6 nitrogen and oxygen atoms in total. The average molecular weight is 255 g/mol. The molecule has 0 aliphatic carbocycles. The molecule has 0 aliphatic heterocycles. The van der Waals surface area contributed by atoms with E-state index in [9.17, 15) is 0 Å². The topological polar surface area (TPSA) is 82.8 Å². The van der Waals surface area contributed by atoms with Crippen LogP contribution < -0.4 is 5.73 Å². The molecule has 0 saturated heterocycles. The van der Waals surface area contributed by atoms with Gasteiger partial charge in [0.15, 0.2) is 5.82 Å². The number of aromatic nitrogens is 4. The van der Waals surface area contributed by atoms with Crippen LogP contribution in [0.2, 0.25) is 0 Å². The van der Waals surface area contributed by atoms with Crippen molar-refractivity contribution in [3.8, 4) is 23.1 Å². The van der Waals surface area contributed by atoms with Crippen molar-refractivity contribution in [2.24, 2.45) is 7.05 Å². The zero-order valence-corrected chi connectivity index (χ0v) is 10.7. The van der Waals surface area contributed by atoms with Crippen LogP contribution in [0.1, 0.15) is 5.56 Å². The minimum atomic E-state index is 0.447. The van der Waals surface area contributed by atoms with E-state index in [0.29, 0.717) is 23.2 Å². The highest BCUT2D eigenvalue weighted by Gasteiger charge is 2.15. The van der Waals surface area contributed by atoms with Crippen LogP contribution in [-0.4, -0.2) is 19.7 Å². The fraction of sp³-hybridized carbons (Fsp3) is 0.154. The quantitative estimate of drug-likeness (QED) is 0.708. The molecule has 0 bridgehead atoms. The SMILES string of the molecule is Cc1ccc(N)cc1-c1nc(-c2nccn2C)no1. The van der Waals surface area contributed by atoms with Gasteiger partial charge in [0, 0.05) is 30.7 Å². The van der Waals surface area contributed by atoms with Gasteiger partial charge in [-0.05, 0) is 24.6 Å². The standard InChI is InChI=1S/C13H13N5O/c1-8-3-4-9(14)7-10(8)13-16-11(17-19-13)12-15-5-6-18(12)2/h3-7H,14H2,1-2H3. The van der Waals surface area contributed by atoms with E-state index in [0.717, 1.165) is 11.1 Å². The number of anilines is 1. The van der Waals surface area contributed by atoms with Crippen molar-refractivity contribution >= 4 is 5.69 Å². The van der Waals surface area contributed by atoms with E-state index in [1.165, 1.54) is 0 Å². The van der Waals surface area contributed by atoms with E-state index in [1.54, 1.807) is 6.20 Å². The van der Waals surface area contributed by atoms with Crippen LogP contribution in [0.3, 0.4) is 0 Å². The molecule has 0 unspecified atom stereocenters. The lowest BCUT2D eigenvalue weighted by molar-refractivity contribution is 0.431. The zero-order valence-electron chi connectivity index (χ0n) is 10.7. The summed E-state index contributed by atoms with van der Waals surface area (Å²) in [5.41, 5.74) is 8.32. The largest absolute Gasteiger partial charge is 0.399 e. The molecule has 3 rings (SSSR count). The maximum absolute atomic E-state index is 5.78. The maximum Gasteiger partial charge on any atom is 0.258 e. The van der Waals surface area contributed by atoms with Crippen LogP contribution in [0.5, 0.6) is 0 Å². The number of hydrogen-bond acceptors (Lipinski definition) is 5. The van der Waals surface area contributed by atoms with Gasteiger partial charge in [0.05, 0.1) is 0 Å². The van der Waals surface area contributed by atoms with E-state index in [2.05, 4.69) is 15.1 Å². The lowest BCUT2D eigenvalue weighted by Gasteiger charge is -2.01. The van der Waals surface area contributed by atoms with Crippen LogP contribution in [0.25, 0.3) is 23.1 Å². The molecule has 2 heterocycles. The fourth-order valence-electron chi connectivity index (χ4n) is 1.87. The normalized spacial score (nSPS) is 10.8. The van der Waals surface area contributed by atoms with Gasteiger partial charge >= 0.3 is 0 Å². The first-order chi connectivity index (χ1) is 9.15. The zero-order chi connectivity index (χ0) is 13.4. The summed E-state index contributed by atoms with van der Waals surface area (Å²) in [6.07, 6.45) is 3.52. The summed E-state index contributed by atoms with van der Waals surface area (Å²) >= 11 is 0. The third kappa shape index (κ3) is 1.97. The van der Waals surface area contributed by atoms with Gasteiger partial charge in [-0.1, -0.05) is 11.2 Å². The van der Waals surface area contributed by atoms with Gasteiger partial charge in [-0.3, -0.25) is 0 Å².